The lowest BCUT2D eigenvalue weighted by Crippen LogP contribution is -2.28. The van der Waals surface area contributed by atoms with E-state index in [2.05, 4.69) is 13.8 Å². The molecule has 0 amide bonds. The Labute approximate surface area is 184 Å². The van der Waals surface area contributed by atoms with Crippen LogP contribution in [0.15, 0.2) is 30.3 Å². The van der Waals surface area contributed by atoms with Crippen molar-refractivity contribution in [2.24, 2.45) is 5.92 Å². The highest BCUT2D eigenvalue weighted by Gasteiger charge is 2.44. The number of rotatable bonds is 7. The van der Waals surface area contributed by atoms with E-state index in [4.69, 9.17) is 4.74 Å². The van der Waals surface area contributed by atoms with Crippen LogP contribution >= 0.6 is 0 Å². The molecule has 168 valence electrons. The average molecular weight is 431 g/mol. The molecule has 0 aromatic heterocycles. The van der Waals surface area contributed by atoms with Gasteiger partial charge in [0, 0.05) is 5.56 Å². The average Bonchev–Trinajstić information content (AvgIpc) is 2.76. The van der Waals surface area contributed by atoms with E-state index in [1.165, 1.54) is 12.8 Å². The maximum absolute atomic E-state index is 15.0. The number of halogens is 3. The monoisotopic (exact) mass is 430 g/mol. The molecule has 2 aliphatic rings. The van der Waals surface area contributed by atoms with Gasteiger partial charge in [0.05, 0.1) is 5.56 Å². The summed E-state index contributed by atoms with van der Waals surface area (Å²) in [5.74, 6) is 0.134. The molecule has 2 aromatic carbocycles. The number of hydrogen-bond acceptors (Lipinski definition) is 1. The number of ether oxygens (including phenoxy) is 1. The number of aryl methyl sites for hydroxylation is 1. The van der Waals surface area contributed by atoms with E-state index in [9.17, 15) is 0 Å². The van der Waals surface area contributed by atoms with Crippen LogP contribution in [0.4, 0.5) is 13.2 Å². The van der Waals surface area contributed by atoms with E-state index in [1.807, 2.05) is 6.07 Å². The van der Waals surface area contributed by atoms with Crippen molar-refractivity contribution in [1.29, 1.82) is 0 Å². The Kier molecular flexibility index (Phi) is 6.64. The molecule has 0 N–H and O–H groups in total. The second kappa shape index (κ2) is 9.26. The van der Waals surface area contributed by atoms with Crippen molar-refractivity contribution in [3.05, 3.63) is 52.8 Å². The van der Waals surface area contributed by atoms with Crippen LogP contribution in [0, 0.1) is 11.7 Å². The smallest absolute Gasteiger partial charge is 0.425 e. The molecule has 0 atom stereocenters. The lowest BCUT2D eigenvalue weighted by Gasteiger charge is -2.32. The fourth-order valence-electron chi connectivity index (χ4n) is 5.33. The van der Waals surface area contributed by atoms with Crippen LogP contribution in [0.25, 0.3) is 11.1 Å². The molecule has 2 aromatic rings. The standard InChI is InChI=1S/C27H33F3O/c1-3-5-6-8-20-13-16-23-22-15-14-21(19-11-9-18(7-4-2)10-12-19)17-24(22)27(29,30)31-26(23)25(20)28/h13-19H,3-12H2,1-2H3. The van der Waals surface area contributed by atoms with Crippen LogP contribution in [0.3, 0.4) is 0 Å². The van der Waals surface area contributed by atoms with Crippen molar-refractivity contribution >= 4 is 0 Å². The lowest BCUT2D eigenvalue weighted by atomic mass is 9.76. The second-order valence-corrected chi connectivity index (χ2v) is 9.30. The first-order valence-corrected chi connectivity index (χ1v) is 12.0. The Bertz CT molecular complexity index is 913. The number of alkyl halides is 2. The van der Waals surface area contributed by atoms with Crippen molar-refractivity contribution in [2.45, 2.75) is 90.1 Å². The van der Waals surface area contributed by atoms with E-state index in [1.54, 1.807) is 24.3 Å². The molecule has 1 aliphatic carbocycles. The minimum Gasteiger partial charge on any atom is -0.425 e. The summed E-state index contributed by atoms with van der Waals surface area (Å²) < 4.78 is 50.1. The normalized spacial score (nSPS) is 21.8. The zero-order chi connectivity index (χ0) is 22.0. The molecule has 0 saturated heterocycles. The van der Waals surface area contributed by atoms with Gasteiger partial charge in [-0.3, -0.25) is 0 Å². The Morgan fingerprint density at radius 2 is 1.68 bits per heavy atom. The van der Waals surface area contributed by atoms with Crippen molar-refractivity contribution in [3.8, 4) is 16.9 Å². The van der Waals surface area contributed by atoms with Crippen molar-refractivity contribution in [3.63, 3.8) is 0 Å². The summed E-state index contributed by atoms with van der Waals surface area (Å²) >= 11 is 0. The molecule has 1 nitrogen and oxygen atoms in total. The molecule has 0 spiro atoms. The van der Waals surface area contributed by atoms with Gasteiger partial charge in [0.1, 0.15) is 0 Å². The highest BCUT2D eigenvalue weighted by Crippen LogP contribution is 2.50. The molecule has 1 aliphatic heterocycles. The Morgan fingerprint density at radius 3 is 2.39 bits per heavy atom. The van der Waals surface area contributed by atoms with Crippen LogP contribution in [-0.4, -0.2) is 0 Å². The van der Waals surface area contributed by atoms with E-state index >= 15 is 13.2 Å². The molecule has 0 radical (unpaired) electrons. The van der Waals surface area contributed by atoms with Gasteiger partial charge in [-0.15, -0.1) is 0 Å². The summed E-state index contributed by atoms with van der Waals surface area (Å²) in [6.07, 6.45) is 6.73. The quantitative estimate of drug-likeness (QED) is 0.399. The zero-order valence-electron chi connectivity index (χ0n) is 18.7. The van der Waals surface area contributed by atoms with Crippen LogP contribution < -0.4 is 4.74 Å². The summed E-state index contributed by atoms with van der Waals surface area (Å²) in [5, 5.41) is 0. The van der Waals surface area contributed by atoms with Gasteiger partial charge >= 0.3 is 6.11 Å². The van der Waals surface area contributed by atoms with Crippen LogP contribution in [0.5, 0.6) is 5.75 Å². The first kappa shape index (κ1) is 22.2. The molecule has 1 fully saturated rings. The van der Waals surface area contributed by atoms with Gasteiger partial charge in [-0.2, -0.15) is 8.78 Å². The van der Waals surface area contributed by atoms with E-state index in [0.717, 1.165) is 56.4 Å². The van der Waals surface area contributed by atoms with Crippen molar-refractivity contribution in [1.82, 2.24) is 0 Å². The maximum Gasteiger partial charge on any atom is 0.427 e. The molecule has 0 unspecified atom stereocenters. The fraction of sp³-hybridized carbons (Fsp3) is 0.556. The third kappa shape index (κ3) is 4.49. The molecule has 1 saturated carbocycles. The Hall–Kier alpha value is -1.97. The number of fused-ring (bicyclic) bond motifs is 3. The molecule has 0 bridgehead atoms. The molecule has 1 heterocycles. The molecular formula is C27H33F3O. The number of benzene rings is 2. The lowest BCUT2D eigenvalue weighted by molar-refractivity contribution is -0.188. The molecule has 4 heteroatoms. The van der Waals surface area contributed by atoms with Gasteiger partial charge < -0.3 is 4.74 Å². The van der Waals surface area contributed by atoms with Crippen molar-refractivity contribution in [2.75, 3.05) is 0 Å². The Balaban J connectivity index is 1.62. The summed E-state index contributed by atoms with van der Waals surface area (Å²) in [7, 11) is 0. The predicted molar refractivity (Wildman–Crippen MR) is 119 cm³/mol. The highest BCUT2D eigenvalue weighted by molar-refractivity contribution is 5.77. The Morgan fingerprint density at radius 1 is 0.935 bits per heavy atom. The largest absolute Gasteiger partial charge is 0.427 e. The van der Waals surface area contributed by atoms with Gasteiger partial charge in [-0.1, -0.05) is 63.8 Å². The number of hydrogen-bond donors (Lipinski definition) is 0. The topological polar surface area (TPSA) is 9.23 Å². The van der Waals surface area contributed by atoms with Crippen LogP contribution in [0.2, 0.25) is 0 Å². The van der Waals surface area contributed by atoms with E-state index in [0.29, 0.717) is 29.0 Å². The van der Waals surface area contributed by atoms with Gasteiger partial charge in [0.15, 0.2) is 11.6 Å². The summed E-state index contributed by atoms with van der Waals surface area (Å²) in [6.45, 7) is 4.29. The zero-order valence-corrected chi connectivity index (χ0v) is 18.7. The molecule has 31 heavy (non-hydrogen) atoms. The summed E-state index contributed by atoms with van der Waals surface area (Å²) in [6, 6.07) is 8.78. The van der Waals surface area contributed by atoms with E-state index in [-0.39, 0.29) is 11.3 Å². The van der Waals surface area contributed by atoms with Crippen LogP contribution in [0.1, 0.15) is 94.2 Å². The highest BCUT2D eigenvalue weighted by atomic mass is 19.3. The number of unbranched alkanes of at least 4 members (excludes halogenated alkanes) is 2. The molecular weight excluding hydrogens is 397 g/mol. The molecule has 4 rings (SSSR count). The van der Waals surface area contributed by atoms with Gasteiger partial charge in [-0.05, 0) is 73.1 Å². The van der Waals surface area contributed by atoms with Gasteiger partial charge in [0.25, 0.3) is 0 Å². The second-order valence-electron chi connectivity index (χ2n) is 9.30. The fourth-order valence-corrected chi connectivity index (χ4v) is 5.33. The first-order valence-electron chi connectivity index (χ1n) is 12.0. The third-order valence-corrected chi connectivity index (χ3v) is 7.12. The van der Waals surface area contributed by atoms with Gasteiger partial charge in [0.2, 0.25) is 0 Å². The first-order chi connectivity index (χ1) is 14.9. The van der Waals surface area contributed by atoms with Gasteiger partial charge in [-0.25, -0.2) is 4.39 Å². The summed E-state index contributed by atoms with van der Waals surface area (Å²) in [4.78, 5) is 0. The summed E-state index contributed by atoms with van der Waals surface area (Å²) in [5.41, 5.74) is 2.08. The maximum atomic E-state index is 15.0. The van der Waals surface area contributed by atoms with Crippen LogP contribution in [-0.2, 0) is 12.5 Å². The minimum absolute atomic E-state index is 0.133. The SMILES string of the molecule is CCCCCc1ccc2c(c1F)OC(F)(F)c1cc(C3CCC(CCC)CC3)ccc1-2. The third-order valence-electron chi connectivity index (χ3n) is 7.12. The predicted octanol–water partition coefficient (Wildman–Crippen LogP) is 8.74. The van der Waals surface area contributed by atoms with E-state index < -0.39 is 11.9 Å². The van der Waals surface area contributed by atoms with Crippen molar-refractivity contribution < 1.29 is 17.9 Å². The minimum atomic E-state index is -3.53.